The van der Waals surface area contributed by atoms with Gasteiger partial charge in [0.1, 0.15) is 5.82 Å². The molecule has 1 saturated heterocycles. The summed E-state index contributed by atoms with van der Waals surface area (Å²) >= 11 is 0. The third kappa shape index (κ3) is 2.44. The molecule has 92 valence electrons. The normalized spacial score (nSPS) is 20.4. The summed E-state index contributed by atoms with van der Waals surface area (Å²) in [6.07, 6.45) is 3.81. The van der Waals surface area contributed by atoms with E-state index in [9.17, 15) is 9.90 Å². The van der Waals surface area contributed by atoms with Crippen LogP contribution < -0.4 is 4.90 Å². The Labute approximate surface area is 98.3 Å². The number of carbonyl (C=O) groups is 1. The first kappa shape index (κ1) is 11.6. The summed E-state index contributed by atoms with van der Waals surface area (Å²) in [6, 6.07) is -0.267. The summed E-state index contributed by atoms with van der Waals surface area (Å²) < 4.78 is 0. The van der Waals surface area contributed by atoms with Gasteiger partial charge in [-0.25, -0.2) is 9.78 Å². The zero-order chi connectivity index (χ0) is 12.3. The van der Waals surface area contributed by atoms with Gasteiger partial charge in [-0.15, -0.1) is 0 Å². The molecular weight excluding hydrogens is 224 g/mol. The van der Waals surface area contributed by atoms with Crippen LogP contribution in [0.2, 0.25) is 0 Å². The minimum Gasteiger partial charge on any atom is -0.465 e. The predicted molar refractivity (Wildman–Crippen MR) is 59.8 cm³/mol. The van der Waals surface area contributed by atoms with Crippen LogP contribution in [0.25, 0.3) is 0 Å². The highest BCUT2D eigenvalue weighted by molar-refractivity contribution is 5.65. The van der Waals surface area contributed by atoms with Gasteiger partial charge in [0, 0.05) is 32.0 Å². The second-order valence-electron chi connectivity index (χ2n) is 3.82. The van der Waals surface area contributed by atoms with E-state index in [0.717, 1.165) is 0 Å². The van der Waals surface area contributed by atoms with Gasteiger partial charge < -0.3 is 20.0 Å². The number of rotatable bonds is 2. The third-order valence-corrected chi connectivity index (χ3v) is 2.81. The van der Waals surface area contributed by atoms with Crippen LogP contribution in [0, 0.1) is 0 Å². The van der Waals surface area contributed by atoms with Crippen molar-refractivity contribution in [3.05, 3.63) is 18.6 Å². The van der Waals surface area contributed by atoms with Crippen molar-refractivity contribution in [3.63, 3.8) is 0 Å². The second-order valence-corrected chi connectivity index (χ2v) is 3.82. The van der Waals surface area contributed by atoms with Crippen LogP contribution in [0.15, 0.2) is 18.6 Å². The van der Waals surface area contributed by atoms with E-state index in [1.165, 1.54) is 4.90 Å². The van der Waals surface area contributed by atoms with E-state index in [4.69, 9.17) is 5.11 Å². The summed E-state index contributed by atoms with van der Waals surface area (Å²) in [5.41, 5.74) is 0. The number of aromatic nitrogens is 2. The van der Waals surface area contributed by atoms with E-state index < -0.39 is 6.09 Å². The van der Waals surface area contributed by atoms with Gasteiger partial charge in [0.25, 0.3) is 0 Å². The summed E-state index contributed by atoms with van der Waals surface area (Å²) in [7, 11) is 0. The predicted octanol–water partition coefficient (Wildman–Crippen LogP) is -0.362. The van der Waals surface area contributed by atoms with E-state index in [0.29, 0.717) is 18.9 Å². The molecule has 0 bridgehead atoms. The Balaban J connectivity index is 2.12. The molecule has 0 spiro atoms. The molecule has 0 aliphatic carbocycles. The fraction of sp³-hybridized carbons (Fsp3) is 0.500. The number of hydrogen-bond donors (Lipinski definition) is 2. The Kier molecular flexibility index (Phi) is 3.38. The molecule has 1 fully saturated rings. The summed E-state index contributed by atoms with van der Waals surface area (Å²) in [4.78, 5) is 22.2. The number of hydrogen-bond acceptors (Lipinski definition) is 5. The van der Waals surface area contributed by atoms with Gasteiger partial charge in [-0.1, -0.05) is 0 Å². The Morgan fingerprint density at radius 2 is 2.29 bits per heavy atom. The molecular formula is C10H14N4O3. The molecule has 7 heteroatoms. The number of amides is 1. The van der Waals surface area contributed by atoms with Gasteiger partial charge in [0.15, 0.2) is 0 Å². The molecule has 17 heavy (non-hydrogen) atoms. The second kappa shape index (κ2) is 4.96. The van der Waals surface area contributed by atoms with E-state index in [1.54, 1.807) is 18.6 Å². The van der Waals surface area contributed by atoms with Crippen molar-refractivity contribution in [2.45, 2.75) is 6.04 Å². The molecule has 2 heterocycles. The van der Waals surface area contributed by atoms with Crippen LogP contribution >= 0.6 is 0 Å². The first-order valence-electron chi connectivity index (χ1n) is 5.33. The van der Waals surface area contributed by atoms with E-state index in [1.807, 2.05) is 4.90 Å². The lowest BCUT2D eigenvalue weighted by atomic mass is 10.2. The van der Waals surface area contributed by atoms with Gasteiger partial charge in [-0.2, -0.15) is 0 Å². The Morgan fingerprint density at radius 1 is 1.47 bits per heavy atom. The highest BCUT2D eigenvalue weighted by Gasteiger charge is 2.29. The van der Waals surface area contributed by atoms with Gasteiger partial charge in [-0.05, 0) is 0 Å². The highest BCUT2D eigenvalue weighted by atomic mass is 16.4. The van der Waals surface area contributed by atoms with Gasteiger partial charge in [-0.3, -0.25) is 4.98 Å². The van der Waals surface area contributed by atoms with E-state index in [2.05, 4.69) is 9.97 Å². The van der Waals surface area contributed by atoms with Crippen molar-refractivity contribution < 1.29 is 15.0 Å². The summed E-state index contributed by atoms with van der Waals surface area (Å²) in [5, 5.41) is 18.2. The molecule has 1 atom stereocenters. The zero-order valence-electron chi connectivity index (χ0n) is 9.23. The molecule has 0 aromatic carbocycles. The lowest BCUT2D eigenvalue weighted by molar-refractivity contribution is 0.124. The number of aliphatic hydroxyl groups is 1. The minimum absolute atomic E-state index is 0.111. The van der Waals surface area contributed by atoms with Crippen molar-refractivity contribution in [1.29, 1.82) is 0 Å². The standard InChI is InChI=1S/C10H14N4O3/c15-7-8-6-13(10(16)17)3-4-14(8)9-5-11-1-2-12-9/h1-2,5,8,15H,3-4,6-7H2,(H,16,17)/t8-/m0/s1. The maximum absolute atomic E-state index is 10.9. The van der Waals surface area contributed by atoms with Crippen LogP contribution in [-0.2, 0) is 0 Å². The number of carboxylic acid groups (broad SMARTS) is 1. The van der Waals surface area contributed by atoms with Crippen LogP contribution in [0.4, 0.5) is 10.6 Å². The minimum atomic E-state index is -0.956. The van der Waals surface area contributed by atoms with Crippen molar-refractivity contribution >= 4 is 11.9 Å². The number of nitrogens with zero attached hydrogens (tertiary/aromatic N) is 4. The molecule has 7 nitrogen and oxygen atoms in total. The molecule has 1 amide bonds. The molecule has 2 N–H and O–H groups in total. The van der Waals surface area contributed by atoms with Gasteiger partial charge >= 0.3 is 6.09 Å². The van der Waals surface area contributed by atoms with Crippen molar-refractivity contribution in [2.75, 3.05) is 31.1 Å². The van der Waals surface area contributed by atoms with E-state index >= 15 is 0 Å². The molecule has 2 rings (SSSR count). The monoisotopic (exact) mass is 238 g/mol. The Bertz CT molecular complexity index is 386. The molecule has 0 radical (unpaired) electrons. The molecule has 0 saturated carbocycles. The Hall–Kier alpha value is -1.89. The van der Waals surface area contributed by atoms with Crippen LogP contribution in [0.5, 0.6) is 0 Å². The van der Waals surface area contributed by atoms with E-state index in [-0.39, 0.29) is 19.2 Å². The first-order valence-corrected chi connectivity index (χ1v) is 5.33. The fourth-order valence-corrected chi connectivity index (χ4v) is 1.93. The maximum Gasteiger partial charge on any atom is 0.407 e. The molecule has 1 aromatic rings. The topological polar surface area (TPSA) is 89.8 Å². The van der Waals surface area contributed by atoms with Crippen LogP contribution in [-0.4, -0.2) is 63.5 Å². The average Bonchev–Trinajstić information content (AvgIpc) is 2.39. The largest absolute Gasteiger partial charge is 0.465 e. The summed E-state index contributed by atoms with van der Waals surface area (Å²) in [6.45, 7) is 1.08. The van der Waals surface area contributed by atoms with Gasteiger partial charge in [0.2, 0.25) is 0 Å². The molecule has 1 aliphatic heterocycles. The molecule has 1 aliphatic rings. The first-order chi connectivity index (χ1) is 8.22. The quantitative estimate of drug-likeness (QED) is 0.731. The lowest BCUT2D eigenvalue weighted by Gasteiger charge is -2.39. The lowest BCUT2D eigenvalue weighted by Crippen LogP contribution is -2.56. The smallest absolute Gasteiger partial charge is 0.407 e. The average molecular weight is 238 g/mol. The maximum atomic E-state index is 10.9. The van der Waals surface area contributed by atoms with Gasteiger partial charge in [0.05, 0.1) is 18.8 Å². The fourth-order valence-electron chi connectivity index (χ4n) is 1.93. The SMILES string of the molecule is O=C(O)N1CCN(c2cnccn2)[C@H](CO)C1. The van der Waals surface area contributed by atoms with Crippen LogP contribution in [0.1, 0.15) is 0 Å². The molecule has 1 aromatic heterocycles. The number of aliphatic hydroxyl groups excluding tert-OH is 1. The highest BCUT2D eigenvalue weighted by Crippen LogP contribution is 2.16. The Morgan fingerprint density at radius 3 is 2.88 bits per heavy atom. The number of anilines is 1. The van der Waals surface area contributed by atoms with Crippen molar-refractivity contribution in [1.82, 2.24) is 14.9 Å². The molecule has 0 unspecified atom stereocenters. The van der Waals surface area contributed by atoms with Crippen LogP contribution in [0.3, 0.4) is 0 Å². The summed E-state index contributed by atoms with van der Waals surface area (Å²) in [5.74, 6) is 0.664. The third-order valence-electron chi connectivity index (χ3n) is 2.81. The zero-order valence-corrected chi connectivity index (χ0v) is 9.23. The van der Waals surface area contributed by atoms with Crippen molar-refractivity contribution in [3.8, 4) is 0 Å². The van der Waals surface area contributed by atoms with Crippen molar-refractivity contribution in [2.24, 2.45) is 0 Å². The number of piperazine rings is 1.